The lowest BCUT2D eigenvalue weighted by molar-refractivity contribution is 0.0952. The molecule has 0 saturated heterocycles. The van der Waals surface area contributed by atoms with Crippen molar-refractivity contribution in [2.75, 3.05) is 6.54 Å². The molecule has 3 rings (SSSR count). The van der Waals surface area contributed by atoms with Crippen LogP contribution in [0, 0.1) is 13.8 Å². The molecule has 2 aromatic heterocycles. The van der Waals surface area contributed by atoms with Crippen LogP contribution in [-0.4, -0.2) is 22.0 Å². The van der Waals surface area contributed by atoms with E-state index in [2.05, 4.69) is 10.3 Å². The van der Waals surface area contributed by atoms with Gasteiger partial charge in [0.05, 0.1) is 0 Å². The second-order valence-electron chi connectivity index (χ2n) is 5.40. The van der Waals surface area contributed by atoms with Crippen LogP contribution in [0.15, 0.2) is 40.5 Å². The fourth-order valence-electron chi connectivity index (χ4n) is 2.54. The van der Waals surface area contributed by atoms with Crippen molar-refractivity contribution in [3.63, 3.8) is 0 Å². The van der Waals surface area contributed by atoms with Gasteiger partial charge in [0, 0.05) is 34.7 Å². The molecule has 1 aromatic carbocycles. The number of carbonyl (C=O) groups is 1. The molecule has 0 saturated carbocycles. The van der Waals surface area contributed by atoms with E-state index in [4.69, 9.17) is 0 Å². The molecule has 0 fully saturated rings. The van der Waals surface area contributed by atoms with Crippen molar-refractivity contribution in [1.82, 2.24) is 14.9 Å². The van der Waals surface area contributed by atoms with Crippen molar-refractivity contribution >= 4 is 27.3 Å². The number of aromatic nitrogens is 2. The van der Waals surface area contributed by atoms with Gasteiger partial charge in [0.2, 0.25) is 0 Å². The highest BCUT2D eigenvalue weighted by Gasteiger charge is 2.08. The minimum atomic E-state index is -0.281. The largest absolute Gasteiger partial charge is 0.350 e. The smallest absolute Gasteiger partial charge is 0.348 e. The van der Waals surface area contributed by atoms with Gasteiger partial charge >= 0.3 is 5.69 Å². The number of carbonyl (C=O) groups excluding carboxylic acids is 1. The van der Waals surface area contributed by atoms with Crippen LogP contribution >= 0.6 is 11.3 Å². The Morgan fingerprint density at radius 3 is 2.87 bits per heavy atom. The molecule has 0 unspecified atom stereocenters. The average molecular weight is 327 g/mol. The van der Waals surface area contributed by atoms with Crippen LogP contribution in [-0.2, 0) is 6.54 Å². The SMILES string of the molecule is Cc1cc(C)n(CCNC(=O)c2ccc3sccc3c2)c(=O)n1. The molecular weight excluding hydrogens is 310 g/mol. The number of fused-ring (bicyclic) bond motifs is 1. The zero-order valence-corrected chi connectivity index (χ0v) is 13.8. The highest BCUT2D eigenvalue weighted by atomic mass is 32.1. The summed E-state index contributed by atoms with van der Waals surface area (Å²) < 4.78 is 2.73. The molecule has 0 bridgehead atoms. The molecule has 2 heterocycles. The lowest BCUT2D eigenvalue weighted by Crippen LogP contribution is -2.33. The van der Waals surface area contributed by atoms with Crippen LogP contribution in [0.4, 0.5) is 0 Å². The summed E-state index contributed by atoms with van der Waals surface area (Å²) in [5, 5.41) is 5.92. The van der Waals surface area contributed by atoms with Gasteiger partial charge in [-0.25, -0.2) is 4.79 Å². The Labute approximate surface area is 137 Å². The molecule has 0 atom stereocenters. The fourth-order valence-corrected chi connectivity index (χ4v) is 3.31. The minimum Gasteiger partial charge on any atom is -0.350 e. The molecular formula is C17H17N3O2S. The van der Waals surface area contributed by atoms with Crippen molar-refractivity contribution in [3.05, 3.63) is 63.1 Å². The zero-order chi connectivity index (χ0) is 16.4. The topological polar surface area (TPSA) is 64.0 Å². The number of aryl methyl sites for hydroxylation is 2. The van der Waals surface area contributed by atoms with E-state index in [-0.39, 0.29) is 11.6 Å². The summed E-state index contributed by atoms with van der Waals surface area (Å²) >= 11 is 1.65. The molecule has 5 nitrogen and oxygen atoms in total. The summed E-state index contributed by atoms with van der Waals surface area (Å²) in [5.41, 5.74) is 1.90. The van der Waals surface area contributed by atoms with Crippen LogP contribution in [0.3, 0.4) is 0 Å². The minimum absolute atomic E-state index is 0.135. The van der Waals surface area contributed by atoms with E-state index in [0.29, 0.717) is 24.3 Å². The first-order valence-corrected chi connectivity index (χ1v) is 8.23. The highest BCUT2D eigenvalue weighted by molar-refractivity contribution is 7.17. The van der Waals surface area contributed by atoms with Crippen molar-refractivity contribution in [1.29, 1.82) is 0 Å². The first-order chi connectivity index (χ1) is 11.0. The van der Waals surface area contributed by atoms with E-state index >= 15 is 0 Å². The van der Waals surface area contributed by atoms with Crippen molar-refractivity contribution in [2.45, 2.75) is 20.4 Å². The van der Waals surface area contributed by atoms with Crippen LogP contribution < -0.4 is 11.0 Å². The second kappa shape index (κ2) is 6.34. The van der Waals surface area contributed by atoms with Crippen molar-refractivity contribution in [2.24, 2.45) is 0 Å². The predicted octanol–water partition coefficient (Wildman–Crippen LogP) is 2.50. The lowest BCUT2D eigenvalue weighted by Gasteiger charge is -2.10. The number of thiophene rings is 1. The van der Waals surface area contributed by atoms with Gasteiger partial charge in [-0.15, -0.1) is 11.3 Å². The van der Waals surface area contributed by atoms with E-state index in [0.717, 1.165) is 15.8 Å². The summed E-state index contributed by atoms with van der Waals surface area (Å²) in [5.74, 6) is -0.135. The first-order valence-electron chi connectivity index (χ1n) is 7.35. The quantitative estimate of drug-likeness (QED) is 0.801. The third kappa shape index (κ3) is 3.32. The Morgan fingerprint density at radius 1 is 1.26 bits per heavy atom. The molecule has 0 spiro atoms. The molecule has 0 aliphatic heterocycles. The standard InChI is InChI=1S/C17H17N3O2S/c1-11-9-12(2)20(17(22)19-11)7-6-18-16(21)14-3-4-15-13(10-14)5-8-23-15/h3-5,8-10H,6-7H2,1-2H3,(H,18,21). The lowest BCUT2D eigenvalue weighted by atomic mass is 10.1. The van der Waals surface area contributed by atoms with Gasteiger partial charge in [-0.1, -0.05) is 0 Å². The van der Waals surface area contributed by atoms with Crippen LogP contribution in [0.25, 0.3) is 10.1 Å². The van der Waals surface area contributed by atoms with Gasteiger partial charge in [0.1, 0.15) is 0 Å². The molecule has 3 aromatic rings. The number of nitrogens with zero attached hydrogens (tertiary/aromatic N) is 2. The maximum Gasteiger partial charge on any atom is 0.348 e. The Morgan fingerprint density at radius 2 is 2.09 bits per heavy atom. The number of hydrogen-bond donors (Lipinski definition) is 1. The van der Waals surface area contributed by atoms with Crippen LogP contribution in [0.5, 0.6) is 0 Å². The summed E-state index contributed by atoms with van der Waals surface area (Å²) in [4.78, 5) is 28.0. The first kappa shape index (κ1) is 15.4. The van der Waals surface area contributed by atoms with E-state index < -0.39 is 0 Å². The van der Waals surface area contributed by atoms with Crippen molar-refractivity contribution < 1.29 is 4.79 Å². The third-order valence-electron chi connectivity index (χ3n) is 3.68. The molecule has 0 aliphatic rings. The monoisotopic (exact) mass is 327 g/mol. The Balaban J connectivity index is 1.66. The molecule has 1 amide bonds. The maximum absolute atomic E-state index is 12.2. The molecule has 118 valence electrons. The number of hydrogen-bond acceptors (Lipinski definition) is 4. The predicted molar refractivity (Wildman–Crippen MR) is 92.1 cm³/mol. The summed E-state index contributed by atoms with van der Waals surface area (Å²) in [6.45, 7) is 4.44. The Kier molecular flexibility index (Phi) is 4.25. The molecule has 0 aliphatic carbocycles. The highest BCUT2D eigenvalue weighted by Crippen LogP contribution is 2.21. The fraction of sp³-hybridized carbons (Fsp3) is 0.235. The van der Waals surface area contributed by atoms with Gasteiger partial charge in [-0.05, 0) is 54.9 Å². The van der Waals surface area contributed by atoms with E-state index in [1.54, 1.807) is 22.8 Å². The van der Waals surface area contributed by atoms with Crippen LogP contribution in [0.1, 0.15) is 21.7 Å². The third-order valence-corrected chi connectivity index (χ3v) is 4.58. The van der Waals surface area contributed by atoms with E-state index in [1.165, 1.54) is 0 Å². The van der Waals surface area contributed by atoms with Gasteiger partial charge < -0.3 is 5.32 Å². The second-order valence-corrected chi connectivity index (χ2v) is 6.35. The average Bonchev–Trinajstić information content (AvgIpc) is 2.97. The molecule has 23 heavy (non-hydrogen) atoms. The number of rotatable bonds is 4. The molecule has 1 N–H and O–H groups in total. The Bertz CT molecular complexity index is 927. The Hall–Kier alpha value is -2.47. The van der Waals surface area contributed by atoms with Gasteiger partial charge in [0.15, 0.2) is 0 Å². The normalized spacial score (nSPS) is 10.9. The molecule has 0 radical (unpaired) electrons. The maximum atomic E-state index is 12.2. The van der Waals surface area contributed by atoms with Gasteiger partial charge in [-0.3, -0.25) is 9.36 Å². The van der Waals surface area contributed by atoms with Gasteiger partial charge in [-0.2, -0.15) is 4.98 Å². The summed E-state index contributed by atoms with van der Waals surface area (Å²) in [7, 11) is 0. The summed E-state index contributed by atoms with van der Waals surface area (Å²) in [6, 6.07) is 9.50. The molecule has 6 heteroatoms. The number of benzene rings is 1. The number of nitrogens with one attached hydrogen (secondary N) is 1. The number of amides is 1. The van der Waals surface area contributed by atoms with E-state index in [9.17, 15) is 9.59 Å². The van der Waals surface area contributed by atoms with Gasteiger partial charge in [0.25, 0.3) is 5.91 Å². The van der Waals surface area contributed by atoms with Crippen molar-refractivity contribution in [3.8, 4) is 0 Å². The van der Waals surface area contributed by atoms with Crippen LogP contribution in [0.2, 0.25) is 0 Å². The van der Waals surface area contributed by atoms with E-state index in [1.807, 2.05) is 42.6 Å². The zero-order valence-electron chi connectivity index (χ0n) is 13.0. The summed E-state index contributed by atoms with van der Waals surface area (Å²) in [6.07, 6.45) is 0.